The molecule has 0 bridgehead atoms. The Hall–Kier alpha value is -0.880. The van der Waals surface area contributed by atoms with Crippen LogP contribution in [-0.2, 0) is 10.3 Å². The summed E-state index contributed by atoms with van der Waals surface area (Å²) in [5.41, 5.74) is -1.04. The normalized spacial score (nSPS) is 29.4. The summed E-state index contributed by atoms with van der Waals surface area (Å²) in [6.07, 6.45) is -1.62. The van der Waals surface area contributed by atoms with Crippen molar-refractivity contribution in [3.63, 3.8) is 0 Å². The molecule has 1 fully saturated rings. The van der Waals surface area contributed by atoms with E-state index in [2.05, 4.69) is 27.8 Å². The predicted molar refractivity (Wildman–Crippen MR) is 69.3 cm³/mol. The Balaban J connectivity index is 2.43. The van der Waals surface area contributed by atoms with Crippen LogP contribution in [0.5, 0.6) is 0 Å². The van der Waals surface area contributed by atoms with Gasteiger partial charge in [-0.05, 0) is 28.9 Å². The zero-order valence-corrected chi connectivity index (χ0v) is 11.9. The minimum absolute atomic E-state index is 0.413. The Bertz CT molecular complexity index is 490. The maximum absolute atomic E-state index is 14.2. The molecule has 92 valence electrons. The molecule has 1 aromatic rings. The summed E-state index contributed by atoms with van der Waals surface area (Å²) < 4.78 is 15.1. The van der Waals surface area contributed by atoms with Crippen LogP contribution in [0.4, 0.5) is 4.39 Å². The molecule has 0 aliphatic carbocycles. The summed E-state index contributed by atoms with van der Waals surface area (Å²) in [5.74, 6) is -0.156. The second-order valence-corrected chi connectivity index (χ2v) is 5.99. The van der Waals surface area contributed by atoms with Crippen molar-refractivity contribution < 1.29 is 9.18 Å². The Morgan fingerprint density at radius 2 is 2.35 bits per heavy atom. The fourth-order valence-corrected chi connectivity index (χ4v) is 3.33. The molecule has 3 nitrogen and oxygen atoms in total. The largest absolute Gasteiger partial charge is 0.358 e. The molecule has 0 radical (unpaired) electrons. The lowest BCUT2D eigenvalue weighted by atomic mass is 9.91. The number of hydrogen-bond donors (Lipinski definition) is 1. The molecular weight excluding hydrogens is 307 g/mol. The lowest BCUT2D eigenvalue weighted by molar-refractivity contribution is -0.140. The van der Waals surface area contributed by atoms with Crippen molar-refractivity contribution in [2.24, 2.45) is 0 Å². The van der Waals surface area contributed by atoms with Crippen LogP contribution in [0.1, 0.15) is 11.8 Å². The summed E-state index contributed by atoms with van der Waals surface area (Å²) in [5, 5.41) is 4.84. The molecule has 1 amide bonds. The number of rotatable bonds is 1. The molecule has 1 aromatic heterocycles. The molecule has 1 saturated heterocycles. The van der Waals surface area contributed by atoms with E-state index in [1.165, 1.54) is 23.3 Å². The van der Waals surface area contributed by atoms with Gasteiger partial charge >= 0.3 is 0 Å². The van der Waals surface area contributed by atoms with E-state index in [0.29, 0.717) is 5.82 Å². The zero-order chi connectivity index (χ0) is 12.8. The summed E-state index contributed by atoms with van der Waals surface area (Å²) in [6, 6.07) is 1.82. The number of thiophene rings is 1. The monoisotopic (exact) mass is 318 g/mol. The van der Waals surface area contributed by atoms with Gasteiger partial charge < -0.3 is 5.32 Å². The molecule has 1 N–H and O–H groups in total. The van der Waals surface area contributed by atoms with Crippen LogP contribution >= 0.6 is 27.3 Å². The quantitative estimate of drug-likeness (QED) is 0.863. The first kappa shape index (κ1) is 12.6. The van der Waals surface area contributed by atoms with E-state index in [4.69, 9.17) is 0 Å². The number of nitrogens with one attached hydrogen (secondary N) is 1. The first-order valence-electron chi connectivity index (χ1n) is 4.99. The highest BCUT2D eigenvalue weighted by Gasteiger charge is 2.48. The van der Waals surface area contributed by atoms with Crippen LogP contribution in [0.25, 0.3) is 0 Å². The van der Waals surface area contributed by atoms with Crippen molar-refractivity contribution in [3.8, 4) is 0 Å². The van der Waals surface area contributed by atoms with Gasteiger partial charge in [0.1, 0.15) is 11.4 Å². The van der Waals surface area contributed by atoms with Crippen molar-refractivity contribution in [2.75, 3.05) is 7.05 Å². The lowest BCUT2D eigenvalue weighted by Gasteiger charge is -2.42. The number of hydrogen-bond acceptors (Lipinski definition) is 3. The maximum Gasteiger partial charge on any atom is 0.265 e. The third-order valence-electron chi connectivity index (χ3n) is 2.94. The van der Waals surface area contributed by atoms with Crippen LogP contribution in [-0.4, -0.2) is 24.0 Å². The van der Waals surface area contributed by atoms with Crippen molar-refractivity contribution >= 4 is 33.2 Å². The minimum atomic E-state index is -1.62. The van der Waals surface area contributed by atoms with Crippen molar-refractivity contribution in [3.05, 3.63) is 33.2 Å². The minimum Gasteiger partial charge on any atom is -0.358 e. The molecule has 1 aliphatic heterocycles. The van der Waals surface area contributed by atoms with Crippen LogP contribution in [0.2, 0.25) is 0 Å². The van der Waals surface area contributed by atoms with Crippen LogP contribution in [0.3, 0.4) is 0 Å². The molecule has 2 heterocycles. The number of alkyl halides is 1. The Morgan fingerprint density at radius 1 is 1.71 bits per heavy atom. The summed E-state index contributed by atoms with van der Waals surface area (Å²) in [7, 11) is 1.51. The average Bonchev–Trinajstić information content (AvgIpc) is 2.71. The fraction of sp³-hybridized carbons (Fsp3) is 0.364. The van der Waals surface area contributed by atoms with Crippen molar-refractivity contribution in [1.82, 2.24) is 10.2 Å². The van der Waals surface area contributed by atoms with Gasteiger partial charge in [-0.2, -0.15) is 0 Å². The van der Waals surface area contributed by atoms with Crippen molar-refractivity contribution in [1.29, 1.82) is 0 Å². The van der Waals surface area contributed by atoms with Crippen LogP contribution < -0.4 is 5.32 Å². The Labute approximate surface area is 111 Å². The molecule has 17 heavy (non-hydrogen) atoms. The number of carbonyl (C=O) groups is 1. The van der Waals surface area contributed by atoms with Gasteiger partial charge in [0, 0.05) is 21.8 Å². The molecule has 0 aromatic carbocycles. The molecule has 0 spiro atoms. The first-order chi connectivity index (χ1) is 7.86. The molecule has 2 rings (SSSR count). The Kier molecular flexibility index (Phi) is 3.03. The topological polar surface area (TPSA) is 32.3 Å². The van der Waals surface area contributed by atoms with E-state index < -0.39 is 17.6 Å². The predicted octanol–water partition coefficient (Wildman–Crippen LogP) is 2.60. The van der Waals surface area contributed by atoms with Crippen LogP contribution in [0, 0.1) is 0 Å². The highest BCUT2D eigenvalue weighted by molar-refractivity contribution is 9.10. The third-order valence-corrected chi connectivity index (χ3v) is 4.87. The number of carbonyl (C=O) groups excluding carboxylic acids is 1. The lowest BCUT2D eigenvalue weighted by Crippen LogP contribution is -2.60. The van der Waals surface area contributed by atoms with Crippen LogP contribution in [0.15, 0.2) is 28.3 Å². The first-order valence-corrected chi connectivity index (χ1v) is 6.67. The van der Waals surface area contributed by atoms with E-state index >= 15 is 0 Å². The van der Waals surface area contributed by atoms with Crippen molar-refractivity contribution in [2.45, 2.75) is 18.6 Å². The van der Waals surface area contributed by atoms with Gasteiger partial charge in [-0.1, -0.05) is 6.58 Å². The molecule has 0 unspecified atom stereocenters. The van der Waals surface area contributed by atoms with Gasteiger partial charge in [-0.25, -0.2) is 4.39 Å². The zero-order valence-electron chi connectivity index (χ0n) is 9.46. The second-order valence-electron chi connectivity index (χ2n) is 4.16. The summed E-state index contributed by atoms with van der Waals surface area (Å²) in [6.45, 7) is 5.40. The standard InChI is InChI=1S/C11H12BrFN2OS/c1-6-14-11(2,8-4-7(12)5-17-8)9(13)10(16)15(6)3/h4-5,9,14H,1H2,2-3H3/t9-,11+/m0/s1. The van der Waals surface area contributed by atoms with Gasteiger partial charge in [0.25, 0.3) is 5.91 Å². The molecule has 6 heteroatoms. The number of nitrogens with zero attached hydrogens (tertiary/aromatic N) is 1. The smallest absolute Gasteiger partial charge is 0.265 e. The summed E-state index contributed by atoms with van der Waals surface area (Å²) in [4.78, 5) is 13.7. The molecule has 0 saturated carbocycles. The van der Waals surface area contributed by atoms with Gasteiger partial charge in [0.2, 0.25) is 6.17 Å². The van der Waals surface area contributed by atoms with E-state index in [1.807, 2.05) is 11.4 Å². The number of halogens is 2. The van der Waals surface area contributed by atoms with E-state index in [0.717, 1.165) is 9.35 Å². The average molecular weight is 319 g/mol. The Morgan fingerprint density at radius 3 is 2.88 bits per heavy atom. The molecule has 1 aliphatic rings. The third kappa shape index (κ3) is 1.89. The van der Waals surface area contributed by atoms with Gasteiger partial charge in [-0.3, -0.25) is 9.69 Å². The van der Waals surface area contributed by atoms with Gasteiger partial charge in [-0.15, -0.1) is 11.3 Å². The molecular formula is C11H12BrFN2OS. The number of amides is 1. The fourth-order valence-electron chi connectivity index (χ4n) is 1.77. The van der Waals surface area contributed by atoms with E-state index in [-0.39, 0.29) is 0 Å². The maximum atomic E-state index is 14.2. The SMILES string of the molecule is C=C1N[C@](C)(c2cc(Br)cs2)[C@@H](F)C(=O)N1C. The second kappa shape index (κ2) is 4.10. The molecule has 2 atom stereocenters. The highest BCUT2D eigenvalue weighted by Crippen LogP contribution is 2.37. The van der Waals surface area contributed by atoms with E-state index in [9.17, 15) is 9.18 Å². The van der Waals surface area contributed by atoms with Gasteiger partial charge in [0.15, 0.2) is 0 Å². The highest BCUT2D eigenvalue weighted by atomic mass is 79.9. The van der Waals surface area contributed by atoms with Gasteiger partial charge in [0.05, 0.1) is 0 Å². The summed E-state index contributed by atoms with van der Waals surface area (Å²) >= 11 is 4.73. The van der Waals surface area contributed by atoms with E-state index in [1.54, 1.807) is 6.92 Å².